The summed E-state index contributed by atoms with van der Waals surface area (Å²) in [4.78, 5) is 55.6. The number of carbonyl (C=O) groups is 4. The highest BCUT2D eigenvalue weighted by Gasteiger charge is 2.77. The van der Waals surface area contributed by atoms with Gasteiger partial charge >= 0.3 is 0 Å². The Bertz CT molecular complexity index is 2250. The number of alkyl halides is 2. The highest BCUT2D eigenvalue weighted by atomic mass is 35.5. The summed E-state index contributed by atoms with van der Waals surface area (Å²) in [5, 5.41) is 11.5. The Kier molecular flexibility index (Phi) is 9.59. The highest BCUT2D eigenvalue weighted by molar-refractivity contribution is 6.58. The fourth-order valence-corrected chi connectivity index (χ4v) is 10.5. The van der Waals surface area contributed by atoms with Crippen molar-refractivity contribution in [3.63, 3.8) is 0 Å². The second kappa shape index (κ2) is 14.0. The maximum absolute atomic E-state index is 15.4. The zero-order valence-corrected chi connectivity index (χ0v) is 31.9. The molecule has 8 rings (SSSR count). The fourth-order valence-electron chi connectivity index (χ4n) is 9.61. The third kappa shape index (κ3) is 5.51. The first kappa shape index (κ1) is 39.1. The molecule has 4 fully saturated rings. The summed E-state index contributed by atoms with van der Waals surface area (Å²) >= 11 is 14.5. The van der Waals surface area contributed by atoms with Gasteiger partial charge in [0.25, 0.3) is 11.8 Å². The van der Waals surface area contributed by atoms with Gasteiger partial charge in [-0.25, -0.2) is 26.9 Å². The summed E-state index contributed by atoms with van der Waals surface area (Å²) in [5.41, 5.74) is -0.841. The SMILES string of the molecule is COc1cc(O)c([C@H]2C3=CC[C@@H]4C(=O)N(C5CCN(Cc6ccccc6)CC5)C(=O)[C@@H]4[C@@H]3C[C@@]3(Cl)C(=O)N(c4c(F)c(F)c(F)c(F)c4F)C(=O)[C@@]23Cl)c(OC)c1. The number of likely N-dealkylation sites (tertiary alicyclic amines) is 2. The number of piperidine rings is 1. The molecule has 3 aromatic rings. The summed E-state index contributed by atoms with van der Waals surface area (Å²) in [6.07, 6.45) is 1.84. The van der Waals surface area contributed by atoms with Gasteiger partial charge in [0.1, 0.15) is 22.9 Å². The number of hydrogen-bond acceptors (Lipinski definition) is 8. The average Bonchev–Trinajstić information content (AvgIpc) is 3.54. The summed E-state index contributed by atoms with van der Waals surface area (Å²) in [7, 11) is 2.51. The normalized spacial score (nSPS) is 29.0. The number of aromatic hydroxyl groups is 1. The molecular weight excluding hydrogens is 800 g/mol. The Hall–Kier alpha value is -4.73. The number of anilines is 1. The van der Waals surface area contributed by atoms with Gasteiger partial charge in [-0.05, 0) is 37.2 Å². The summed E-state index contributed by atoms with van der Waals surface area (Å²) in [6, 6.07) is 11.8. The quantitative estimate of drug-likeness (QED) is 0.0734. The third-order valence-corrected chi connectivity index (χ3v) is 13.7. The number of phenols is 1. The number of benzene rings is 3. The molecule has 1 N–H and O–H groups in total. The van der Waals surface area contributed by atoms with Crippen LogP contribution in [0, 0.1) is 46.8 Å². The van der Waals surface area contributed by atoms with Crippen molar-refractivity contribution in [1.82, 2.24) is 9.80 Å². The average molecular weight is 835 g/mol. The van der Waals surface area contributed by atoms with Crippen LogP contribution in [-0.2, 0) is 25.7 Å². The lowest BCUT2D eigenvalue weighted by Gasteiger charge is -2.51. The smallest absolute Gasteiger partial charge is 0.258 e. The minimum atomic E-state index is -2.84. The second-order valence-corrected chi connectivity index (χ2v) is 16.2. The molecule has 0 radical (unpaired) electrons. The first-order valence-electron chi connectivity index (χ1n) is 18.2. The molecule has 0 bridgehead atoms. The topological polar surface area (TPSA) is 117 Å². The standard InChI is InChI=1S/C40H34Cl2F5N3O7/c1-56-20-14-24(51)27(25(15-20)57-2)28-21-8-9-22-26(36(53)49(35(22)52)19-10-12-48(13-11-19)17-18-6-4-3-5-7-18)23(21)16-39(41)37(54)50(38(55)40(28,39)42)34-32(46)30(44)29(43)31(45)33(34)47/h3-8,14-15,19,22-23,26,28,51H,9-13,16-17H2,1-2H3/t22-,23+,26-,28+,39+,40-/m0/s1. The molecule has 0 aromatic heterocycles. The number of nitrogens with zero attached hydrogens (tertiary/aromatic N) is 3. The number of hydrogen-bond donors (Lipinski definition) is 1. The largest absolute Gasteiger partial charge is 0.507 e. The van der Waals surface area contributed by atoms with Crippen molar-refractivity contribution in [3.8, 4) is 17.2 Å². The highest BCUT2D eigenvalue weighted by Crippen LogP contribution is 2.68. The van der Waals surface area contributed by atoms with Crippen LogP contribution in [0.4, 0.5) is 27.6 Å². The van der Waals surface area contributed by atoms with E-state index in [0.29, 0.717) is 32.5 Å². The number of allylic oxidation sites excluding steroid dienone is 2. The number of rotatable bonds is 7. The van der Waals surface area contributed by atoms with Crippen LogP contribution in [0.2, 0.25) is 0 Å². The van der Waals surface area contributed by atoms with Crippen LogP contribution in [0.1, 0.15) is 42.7 Å². The maximum atomic E-state index is 15.4. The molecular formula is C40H34Cl2F5N3O7. The lowest BCUT2D eigenvalue weighted by molar-refractivity contribution is -0.144. The molecule has 1 saturated carbocycles. The zero-order valence-electron chi connectivity index (χ0n) is 30.3. The second-order valence-electron chi connectivity index (χ2n) is 15.0. The van der Waals surface area contributed by atoms with Gasteiger partial charge < -0.3 is 14.6 Å². The van der Waals surface area contributed by atoms with E-state index < -0.39 is 110 Å². The summed E-state index contributed by atoms with van der Waals surface area (Å²) < 4.78 is 85.0. The third-order valence-electron chi connectivity index (χ3n) is 12.3. The van der Waals surface area contributed by atoms with Crippen LogP contribution in [0.15, 0.2) is 54.1 Å². The van der Waals surface area contributed by atoms with Crippen molar-refractivity contribution in [2.24, 2.45) is 17.8 Å². The Balaban J connectivity index is 1.22. The molecule has 4 amide bonds. The molecule has 5 aliphatic rings. The van der Waals surface area contributed by atoms with Crippen LogP contribution in [0.5, 0.6) is 17.2 Å². The van der Waals surface area contributed by atoms with Crippen molar-refractivity contribution in [2.45, 2.75) is 53.9 Å². The molecule has 3 aromatic carbocycles. The van der Waals surface area contributed by atoms with Gasteiger partial charge in [0, 0.05) is 49.3 Å². The molecule has 17 heteroatoms. The van der Waals surface area contributed by atoms with E-state index in [-0.39, 0.29) is 34.0 Å². The van der Waals surface area contributed by atoms with E-state index in [1.165, 1.54) is 25.2 Å². The Morgan fingerprint density at radius 2 is 1.46 bits per heavy atom. The number of imide groups is 2. The fraction of sp³-hybridized carbons (Fsp3) is 0.400. The minimum Gasteiger partial charge on any atom is -0.507 e. The number of amides is 4. The van der Waals surface area contributed by atoms with Crippen molar-refractivity contribution in [2.75, 3.05) is 32.2 Å². The number of ether oxygens (including phenoxy) is 2. The van der Waals surface area contributed by atoms with Crippen LogP contribution in [0.25, 0.3) is 0 Å². The predicted octanol–water partition coefficient (Wildman–Crippen LogP) is 6.33. The molecule has 57 heavy (non-hydrogen) atoms. The van der Waals surface area contributed by atoms with Crippen LogP contribution in [-0.4, -0.2) is 81.6 Å². The molecule has 2 aliphatic carbocycles. The van der Waals surface area contributed by atoms with E-state index in [1.54, 1.807) is 6.08 Å². The van der Waals surface area contributed by atoms with Crippen molar-refractivity contribution in [1.29, 1.82) is 0 Å². The van der Waals surface area contributed by atoms with Gasteiger partial charge in [-0.3, -0.25) is 29.0 Å². The first-order valence-corrected chi connectivity index (χ1v) is 18.9. The Morgan fingerprint density at radius 1 is 0.825 bits per heavy atom. The van der Waals surface area contributed by atoms with Crippen molar-refractivity contribution >= 4 is 52.5 Å². The van der Waals surface area contributed by atoms with Gasteiger partial charge in [0.05, 0.1) is 26.1 Å². The number of phenolic OH excluding ortho intramolecular Hbond substituents is 1. The molecule has 10 nitrogen and oxygen atoms in total. The summed E-state index contributed by atoms with van der Waals surface area (Å²) in [6.45, 7) is 1.88. The number of halogens is 7. The minimum absolute atomic E-state index is 0.0358. The molecule has 6 atom stereocenters. The van der Waals surface area contributed by atoms with E-state index in [9.17, 15) is 37.5 Å². The Morgan fingerprint density at radius 3 is 2.07 bits per heavy atom. The lowest BCUT2D eigenvalue weighted by atomic mass is 9.56. The van der Waals surface area contributed by atoms with E-state index in [4.69, 9.17) is 32.7 Å². The molecule has 3 heterocycles. The summed E-state index contributed by atoms with van der Waals surface area (Å²) in [5.74, 6) is -22.3. The van der Waals surface area contributed by atoms with E-state index in [1.807, 2.05) is 30.3 Å². The number of fused-ring (bicyclic) bond motifs is 4. The van der Waals surface area contributed by atoms with Gasteiger partial charge in [-0.1, -0.05) is 42.0 Å². The molecule has 0 spiro atoms. The van der Waals surface area contributed by atoms with Crippen LogP contribution < -0.4 is 14.4 Å². The number of methoxy groups -OCH3 is 2. The maximum Gasteiger partial charge on any atom is 0.258 e. The number of carbonyl (C=O) groups excluding carboxylic acids is 4. The molecule has 0 unspecified atom stereocenters. The molecule has 300 valence electrons. The monoisotopic (exact) mass is 833 g/mol. The zero-order chi connectivity index (χ0) is 40.9. The first-order chi connectivity index (χ1) is 27.1. The van der Waals surface area contributed by atoms with E-state index in [2.05, 4.69) is 4.90 Å². The van der Waals surface area contributed by atoms with Gasteiger partial charge in [0.2, 0.25) is 17.6 Å². The van der Waals surface area contributed by atoms with Gasteiger partial charge in [-0.2, -0.15) is 0 Å². The predicted molar refractivity (Wildman–Crippen MR) is 194 cm³/mol. The van der Waals surface area contributed by atoms with Gasteiger partial charge in [-0.15, -0.1) is 23.2 Å². The molecule has 3 aliphatic heterocycles. The van der Waals surface area contributed by atoms with Gasteiger partial charge in [0.15, 0.2) is 33.0 Å². The van der Waals surface area contributed by atoms with E-state index >= 15 is 8.78 Å². The van der Waals surface area contributed by atoms with Crippen LogP contribution in [0.3, 0.4) is 0 Å². The van der Waals surface area contributed by atoms with Crippen molar-refractivity contribution in [3.05, 3.63) is 94.3 Å². The molecule has 3 saturated heterocycles. The van der Waals surface area contributed by atoms with Crippen molar-refractivity contribution < 1.29 is 55.7 Å². The Labute approximate surface area is 332 Å². The van der Waals surface area contributed by atoms with Crippen LogP contribution >= 0.6 is 23.2 Å². The lowest BCUT2D eigenvalue weighted by Crippen LogP contribution is -2.60. The van der Waals surface area contributed by atoms with E-state index in [0.717, 1.165) is 11.6 Å².